The molecule has 18 heavy (non-hydrogen) atoms. The summed E-state index contributed by atoms with van der Waals surface area (Å²) in [7, 11) is -3.32. The molecule has 1 aromatic carbocycles. The van der Waals surface area contributed by atoms with Gasteiger partial charge in [-0.05, 0) is 37.1 Å². The lowest BCUT2D eigenvalue weighted by Gasteiger charge is -2.25. The number of hydrogen-bond acceptors (Lipinski definition) is 3. The highest BCUT2D eigenvalue weighted by Gasteiger charge is 2.31. The van der Waals surface area contributed by atoms with E-state index in [0.717, 1.165) is 4.47 Å². The van der Waals surface area contributed by atoms with Gasteiger partial charge in [-0.1, -0.05) is 15.9 Å². The molecule has 0 radical (unpaired) electrons. The van der Waals surface area contributed by atoms with Crippen LogP contribution in [0.2, 0.25) is 0 Å². The van der Waals surface area contributed by atoms with Gasteiger partial charge in [-0.25, -0.2) is 8.42 Å². The van der Waals surface area contributed by atoms with Crippen LogP contribution in [-0.4, -0.2) is 31.9 Å². The summed E-state index contributed by atoms with van der Waals surface area (Å²) in [6.07, 6.45) is 0.712. The van der Waals surface area contributed by atoms with Crippen molar-refractivity contribution in [3.05, 3.63) is 28.7 Å². The van der Waals surface area contributed by atoms with E-state index in [1.807, 2.05) is 0 Å². The molecular formula is C11H14BrClFNO2S. The fourth-order valence-corrected chi connectivity index (χ4v) is 3.95. The fourth-order valence-electron chi connectivity index (χ4n) is 1.95. The van der Waals surface area contributed by atoms with Gasteiger partial charge in [0.05, 0.1) is 10.1 Å². The Kier molecular flexibility index (Phi) is 5.58. The monoisotopic (exact) mass is 357 g/mol. The molecule has 0 aliphatic carbocycles. The Morgan fingerprint density at radius 2 is 1.67 bits per heavy atom. The number of piperidine rings is 1. The van der Waals surface area contributed by atoms with E-state index >= 15 is 0 Å². The molecule has 0 aromatic heterocycles. The first kappa shape index (κ1) is 15.9. The van der Waals surface area contributed by atoms with Crippen LogP contribution in [-0.2, 0) is 9.84 Å². The van der Waals surface area contributed by atoms with Crippen molar-refractivity contribution in [2.75, 3.05) is 13.1 Å². The van der Waals surface area contributed by atoms with Gasteiger partial charge in [-0.15, -0.1) is 22.0 Å². The molecule has 1 saturated heterocycles. The molecular weight excluding hydrogens is 345 g/mol. The Morgan fingerprint density at radius 1 is 1.17 bits per heavy atom. The quantitative estimate of drug-likeness (QED) is 0.763. The Hall–Kier alpha value is -0.170. The van der Waals surface area contributed by atoms with E-state index in [9.17, 15) is 12.9 Å². The molecule has 3 nitrogen and oxygen atoms in total. The average molecular weight is 359 g/mol. The highest BCUT2D eigenvalue weighted by Crippen LogP contribution is 2.25. The third-order valence-electron chi connectivity index (χ3n) is 2.97. The van der Waals surface area contributed by atoms with Gasteiger partial charge >= 0.3 is 0 Å². The first-order chi connectivity index (χ1) is 8.00. The van der Waals surface area contributed by atoms with Gasteiger partial charge in [0.1, 0.15) is 0 Å². The van der Waals surface area contributed by atoms with Gasteiger partial charge in [0.25, 0.3) is 0 Å². The molecule has 1 aliphatic heterocycles. The summed E-state index contributed by atoms with van der Waals surface area (Å²) >= 11 is 3.26. The zero-order valence-electron chi connectivity index (χ0n) is 9.55. The predicted octanol–water partition coefficient (Wildman–Crippen LogP) is 2.99. The molecule has 0 N–H and O–H groups in total. The van der Waals surface area contributed by atoms with Gasteiger partial charge < -0.3 is 0 Å². The lowest BCUT2D eigenvalue weighted by Crippen LogP contribution is -2.35. The van der Waals surface area contributed by atoms with Crippen LogP contribution in [0.25, 0.3) is 0 Å². The fraction of sp³-hybridized carbons (Fsp3) is 0.455. The second kappa shape index (κ2) is 6.32. The number of hydrogen-bond donors (Lipinski definition) is 0. The van der Waals surface area contributed by atoms with Crippen molar-refractivity contribution in [2.45, 2.75) is 23.0 Å². The predicted molar refractivity (Wildman–Crippen MR) is 74.3 cm³/mol. The van der Waals surface area contributed by atoms with E-state index < -0.39 is 15.1 Å². The van der Waals surface area contributed by atoms with Gasteiger partial charge in [0, 0.05) is 17.6 Å². The molecule has 0 bridgehead atoms. The van der Waals surface area contributed by atoms with Crippen LogP contribution in [0, 0.1) is 0 Å². The van der Waals surface area contributed by atoms with Crippen molar-refractivity contribution in [1.29, 1.82) is 0 Å². The Labute approximate surface area is 121 Å². The van der Waals surface area contributed by atoms with Crippen LogP contribution < -0.4 is 0 Å². The van der Waals surface area contributed by atoms with Crippen molar-refractivity contribution in [2.24, 2.45) is 0 Å². The molecule has 1 heterocycles. The largest absolute Gasteiger partial charge is 0.223 e. The highest BCUT2D eigenvalue weighted by molar-refractivity contribution is 9.10. The normalized spacial score (nSPS) is 18.3. The van der Waals surface area contributed by atoms with Gasteiger partial charge in [0.15, 0.2) is 9.84 Å². The second-order valence-corrected chi connectivity index (χ2v) is 7.25. The maximum absolute atomic E-state index is 12.8. The number of halogens is 3. The summed E-state index contributed by atoms with van der Waals surface area (Å²) in [4.78, 5) is 0.318. The molecule has 0 spiro atoms. The summed E-state index contributed by atoms with van der Waals surface area (Å²) in [5.74, 6) is 0. The summed E-state index contributed by atoms with van der Waals surface area (Å²) in [6.45, 7) is 0.390. The van der Waals surface area contributed by atoms with E-state index in [0.29, 0.717) is 22.9 Å². The second-order valence-electron chi connectivity index (χ2n) is 4.11. The molecule has 7 heteroatoms. The Morgan fingerprint density at radius 3 is 2.17 bits per heavy atom. The molecule has 0 atom stereocenters. The van der Waals surface area contributed by atoms with Crippen LogP contribution in [0.4, 0.5) is 4.48 Å². The van der Waals surface area contributed by atoms with Crippen LogP contribution >= 0.6 is 28.3 Å². The molecule has 2 rings (SSSR count). The minimum atomic E-state index is -3.32. The molecule has 1 fully saturated rings. The number of rotatable bonds is 2. The van der Waals surface area contributed by atoms with Gasteiger partial charge in [0.2, 0.25) is 0 Å². The molecule has 1 aromatic rings. The van der Waals surface area contributed by atoms with Crippen LogP contribution in [0.3, 0.4) is 0 Å². The lowest BCUT2D eigenvalue weighted by molar-refractivity contribution is 0.00727. The van der Waals surface area contributed by atoms with Crippen LogP contribution in [0.15, 0.2) is 33.6 Å². The first-order valence-electron chi connectivity index (χ1n) is 5.40. The van der Waals surface area contributed by atoms with Gasteiger partial charge in [-0.3, -0.25) is 0 Å². The minimum absolute atomic E-state index is 0. The molecule has 0 unspecified atom stereocenters. The number of sulfone groups is 1. The topological polar surface area (TPSA) is 37.4 Å². The highest BCUT2D eigenvalue weighted by atomic mass is 79.9. The van der Waals surface area contributed by atoms with Gasteiger partial charge in [-0.2, -0.15) is 0 Å². The number of benzene rings is 1. The van der Waals surface area contributed by atoms with Crippen molar-refractivity contribution in [1.82, 2.24) is 5.12 Å². The van der Waals surface area contributed by atoms with E-state index in [4.69, 9.17) is 0 Å². The van der Waals surface area contributed by atoms with E-state index in [1.165, 1.54) is 0 Å². The van der Waals surface area contributed by atoms with E-state index in [1.54, 1.807) is 24.3 Å². The minimum Gasteiger partial charge on any atom is -0.223 e. The maximum Gasteiger partial charge on any atom is 0.181 e. The van der Waals surface area contributed by atoms with Crippen molar-refractivity contribution >= 4 is 38.2 Å². The standard InChI is InChI=1S/C11H13BrFNO2S.ClH/c12-9-1-3-10(4-2-9)17(15,16)11-5-7-14(13)8-6-11;/h1-4,11H,5-8H2;1H. The summed E-state index contributed by atoms with van der Waals surface area (Å²) < 4.78 is 38.2. The summed E-state index contributed by atoms with van der Waals surface area (Å²) in [5, 5.41) is 0.212. The molecule has 102 valence electrons. The summed E-state index contributed by atoms with van der Waals surface area (Å²) in [6, 6.07) is 6.58. The first-order valence-corrected chi connectivity index (χ1v) is 7.74. The van der Waals surface area contributed by atoms with E-state index in [2.05, 4.69) is 15.9 Å². The SMILES string of the molecule is Cl.O=S(=O)(c1ccc(Br)cc1)C1CCN(F)CC1. The van der Waals surface area contributed by atoms with Crippen LogP contribution in [0.1, 0.15) is 12.8 Å². The number of nitrogens with zero attached hydrogens (tertiary/aromatic N) is 1. The lowest BCUT2D eigenvalue weighted by atomic mass is 10.2. The third-order valence-corrected chi connectivity index (χ3v) is 5.78. The third kappa shape index (κ3) is 3.44. The van der Waals surface area contributed by atoms with Crippen molar-refractivity contribution < 1.29 is 12.9 Å². The van der Waals surface area contributed by atoms with Crippen molar-refractivity contribution in [3.63, 3.8) is 0 Å². The molecule has 0 saturated carbocycles. The van der Waals surface area contributed by atoms with Crippen LogP contribution in [0.5, 0.6) is 0 Å². The zero-order chi connectivity index (χ0) is 12.5. The molecule has 0 amide bonds. The molecule has 1 aliphatic rings. The summed E-state index contributed by atoms with van der Waals surface area (Å²) in [5.41, 5.74) is 0. The van der Waals surface area contributed by atoms with Crippen molar-refractivity contribution in [3.8, 4) is 0 Å². The smallest absolute Gasteiger partial charge is 0.181 e. The average Bonchev–Trinajstić information content (AvgIpc) is 2.30. The van der Waals surface area contributed by atoms with E-state index in [-0.39, 0.29) is 25.5 Å². The Bertz CT molecular complexity index is 486. The Balaban J connectivity index is 0.00000162. The maximum atomic E-state index is 12.8. The zero-order valence-corrected chi connectivity index (χ0v) is 12.8.